The van der Waals surface area contributed by atoms with E-state index in [-0.39, 0.29) is 0 Å². The highest BCUT2D eigenvalue weighted by atomic mass is 35.5. The summed E-state index contributed by atoms with van der Waals surface area (Å²) in [5, 5.41) is 4.06. The largest absolute Gasteiger partial charge is 0.350 e. The fraction of sp³-hybridized carbons (Fsp3) is 0.238. The highest BCUT2D eigenvalue weighted by Gasteiger charge is 2.28. The van der Waals surface area contributed by atoms with Gasteiger partial charge in [0.2, 0.25) is 5.95 Å². The molecule has 2 aromatic carbocycles. The van der Waals surface area contributed by atoms with Crippen LogP contribution in [-0.2, 0) is 13.0 Å². The summed E-state index contributed by atoms with van der Waals surface area (Å²) in [7, 11) is 0. The van der Waals surface area contributed by atoms with E-state index in [1.807, 2.05) is 37.3 Å². The molecule has 0 aliphatic carbocycles. The van der Waals surface area contributed by atoms with Crippen molar-refractivity contribution in [1.29, 1.82) is 0 Å². The lowest BCUT2D eigenvalue weighted by molar-refractivity contribution is 0.748. The van der Waals surface area contributed by atoms with Gasteiger partial charge in [-0.3, -0.25) is 0 Å². The van der Waals surface area contributed by atoms with Crippen LogP contribution in [0.25, 0.3) is 0 Å². The topological polar surface area (TPSA) is 41.1 Å². The average Bonchev–Trinajstić information content (AvgIpc) is 2.96. The molecule has 1 unspecified atom stereocenters. The van der Waals surface area contributed by atoms with Crippen molar-refractivity contribution in [3.05, 3.63) is 76.4 Å². The monoisotopic (exact) mass is 364 g/mol. The predicted molar refractivity (Wildman–Crippen MR) is 107 cm³/mol. The molecular weight excluding hydrogens is 344 g/mol. The van der Waals surface area contributed by atoms with E-state index >= 15 is 0 Å². The molecule has 4 nitrogen and oxygen atoms in total. The standard InChI is InChI=1S/C21H21ClN4/c1-14-11-20(26-15(2)12-16-7-4-6-10-19(16)26)25-21(24-14)23-13-17-8-3-5-9-18(17)22/h3-11,15H,12-13H2,1-2H3,(H,23,24,25). The SMILES string of the molecule is Cc1cc(N2c3ccccc3CC2C)nc(NCc2ccccc2Cl)n1. The van der Waals surface area contributed by atoms with E-state index in [9.17, 15) is 0 Å². The molecule has 5 heteroatoms. The first-order valence-electron chi connectivity index (χ1n) is 8.82. The zero-order chi connectivity index (χ0) is 18.1. The molecule has 0 saturated carbocycles. The minimum absolute atomic E-state index is 0.373. The van der Waals surface area contributed by atoms with Gasteiger partial charge >= 0.3 is 0 Å². The number of aryl methyl sites for hydroxylation is 1. The van der Waals surface area contributed by atoms with Gasteiger partial charge in [-0.2, -0.15) is 4.98 Å². The molecule has 1 aliphatic heterocycles. The zero-order valence-electron chi connectivity index (χ0n) is 14.9. The van der Waals surface area contributed by atoms with Crippen LogP contribution in [0.3, 0.4) is 0 Å². The summed E-state index contributed by atoms with van der Waals surface area (Å²) in [6.45, 7) is 4.82. The van der Waals surface area contributed by atoms with Crippen molar-refractivity contribution in [3.63, 3.8) is 0 Å². The normalized spacial score (nSPS) is 15.8. The van der Waals surface area contributed by atoms with Crippen molar-refractivity contribution in [2.45, 2.75) is 32.9 Å². The predicted octanol–water partition coefficient (Wildman–Crippen LogP) is 5.13. The van der Waals surface area contributed by atoms with Crippen molar-refractivity contribution in [2.24, 2.45) is 0 Å². The maximum atomic E-state index is 6.24. The lowest BCUT2D eigenvalue weighted by Crippen LogP contribution is -2.25. The van der Waals surface area contributed by atoms with Crippen LogP contribution in [0.2, 0.25) is 5.02 Å². The fourth-order valence-corrected chi connectivity index (χ4v) is 3.69. The molecule has 132 valence electrons. The second kappa shape index (κ2) is 6.96. The van der Waals surface area contributed by atoms with E-state index in [0.717, 1.165) is 28.5 Å². The Labute approximate surface area is 158 Å². The molecule has 0 radical (unpaired) electrons. The molecule has 1 N–H and O–H groups in total. The van der Waals surface area contributed by atoms with Crippen LogP contribution in [0.5, 0.6) is 0 Å². The molecule has 0 bridgehead atoms. The quantitative estimate of drug-likeness (QED) is 0.696. The van der Waals surface area contributed by atoms with E-state index in [2.05, 4.69) is 46.4 Å². The number of benzene rings is 2. The Morgan fingerprint density at radius 1 is 1.12 bits per heavy atom. The van der Waals surface area contributed by atoms with Gasteiger partial charge in [-0.15, -0.1) is 0 Å². The van der Waals surface area contributed by atoms with E-state index in [1.54, 1.807) is 0 Å². The number of aromatic nitrogens is 2. The smallest absolute Gasteiger partial charge is 0.225 e. The Hall–Kier alpha value is -2.59. The maximum absolute atomic E-state index is 6.24. The van der Waals surface area contributed by atoms with Gasteiger partial charge in [0, 0.05) is 35.1 Å². The Morgan fingerprint density at radius 3 is 2.73 bits per heavy atom. The van der Waals surface area contributed by atoms with Gasteiger partial charge in [0.25, 0.3) is 0 Å². The number of nitrogens with one attached hydrogen (secondary N) is 1. The summed E-state index contributed by atoms with van der Waals surface area (Å²) in [4.78, 5) is 11.6. The van der Waals surface area contributed by atoms with Gasteiger partial charge in [-0.1, -0.05) is 48.0 Å². The van der Waals surface area contributed by atoms with Crippen molar-refractivity contribution in [3.8, 4) is 0 Å². The first-order chi connectivity index (χ1) is 12.6. The molecule has 1 aliphatic rings. The van der Waals surface area contributed by atoms with Gasteiger partial charge in [0.1, 0.15) is 5.82 Å². The van der Waals surface area contributed by atoms with Crippen LogP contribution in [0, 0.1) is 6.92 Å². The number of hydrogen-bond acceptors (Lipinski definition) is 4. The molecule has 0 amide bonds. The van der Waals surface area contributed by atoms with Crippen molar-refractivity contribution in [2.75, 3.05) is 10.2 Å². The third-order valence-corrected chi connectivity index (χ3v) is 5.06. The van der Waals surface area contributed by atoms with Crippen molar-refractivity contribution < 1.29 is 0 Å². The summed E-state index contributed by atoms with van der Waals surface area (Å²) in [5.74, 6) is 1.55. The lowest BCUT2D eigenvalue weighted by atomic mass is 10.1. The summed E-state index contributed by atoms with van der Waals surface area (Å²) >= 11 is 6.24. The minimum atomic E-state index is 0.373. The Balaban J connectivity index is 1.62. The maximum Gasteiger partial charge on any atom is 0.225 e. The van der Waals surface area contributed by atoms with Crippen molar-refractivity contribution in [1.82, 2.24) is 9.97 Å². The molecule has 0 saturated heterocycles. The number of rotatable bonds is 4. The summed E-state index contributed by atoms with van der Waals surface area (Å²) in [6.07, 6.45) is 1.03. The van der Waals surface area contributed by atoms with Crippen LogP contribution < -0.4 is 10.2 Å². The second-order valence-corrected chi connectivity index (χ2v) is 7.10. The Bertz CT molecular complexity index is 941. The minimum Gasteiger partial charge on any atom is -0.350 e. The summed E-state index contributed by atoms with van der Waals surface area (Å²) < 4.78 is 0. The lowest BCUT2D eigenvalue weighted by Gasteiger charge is -2.24. The molecule has 0 spiro atoms. The number of para-hydroxylation sites is 1. The van der Waals surface area contributed by atoms with Crippen molar-refractivity contribution >= 4 is 29.1 Å². The Morgan fingerprint density at radius 2 is 1.88 bits per heavy atom. The number of halogens is 1. The first kappa shape index (κ1) is 16.9. The molecule has 26 heavy (non-hydrogen) atoms. The Kier molecular flexibility index (Phi) is 4.51. The second-order valence-electron chi connectivity index (χ2n) is 6.69. The first-order valence-corrected chi connectivity index (χ1v) is 9.20. The van der Waals surface area contributed by atoms with E-state index in [0.29, 0.717) is 18.5 Å². The molecule has 3 aromatic rings. The third-order valence-electron chi connectivity index (χ3n) is 4.69. The van der Waals surface area contributed by atoms with Gasteiger partial charge in [0.15, 0.2) is 0 Å². The molecule has 1 aromatic heterocycles. The van der Waals surface area contributed by atoms with Gasteiger partial charge in [-0.25, -0.2) is 4.98 Å². The van der Waals surface area contributed by atoms with Crippen LogP contribution >= 0.6 is 11.6 Å². The molecule has 2 heterocycles. The molecule has 1 atom stereocenters. The highest BCUT2D eigenvalue weighted by molar-refractivity contribution is 6.31. The van der Waals surface area contributed by atoms with Crippen LogP contribution in [0.4, 0.5) is 17.5 Å². The van der Waals surface area contributed by atoms with Gasteiger partial charge in [-0.05, 0) is 43.5 Å². The van der Waals surface area contributed by atoms with Crippen LogP contribution in [0.1, 0.15) is 23.7 Å². The number of nitrogens with zero attached hydrogens (tertiary/aromatic N) is 3. The van der Waals surface area contributed by atoms with Gasteiger partial charge < -0.3 is 10.2 Å². The fourth-order valence-electron chi connectivity index (χ4n) is 3.49. The third kappa shape index (κ3) is 3.25. The summed E-state index contributed by atoms with van der Waals surface area (Å²) in [5.41, 5.74) is 4.56. The van der Waals surface area contributed by atoms with E-state index < -0.39 is 0 Å². The molecular formula is C21H21ClN4. The molecule has 0 fully saturated rings. The van der Waals surface area contributed by atoms with E-state index in [4.69, 9.17) is 16.6 Å². The highest BCUT2D eigenvalue weighted by Crippen LogP contribution is 2.37. The van der Waals surface area contributed by atoms with E-state index in [1.165, 1.54) is 11.3 Å². The van der Waals surface area contributed by atoms with Gasteiger partial charge in [0.05, 0.1) is 0 Å². The molecule has 4 rings (SSSR count). The number of anilines is 3. The van der Waals surface area contributed by atoms with Crippen LogP contribution in [-0.4, -0.2) is 16.0 Å². The average molecular weight is 365 g/mol. The number of hydrogen-bond donors (Lipinski definition) is 1. The summed E-state index contributed by atoms with van der Waals surface area (Å²) in [6, 6.07) is 18.7. The number of fused-ring (bicyclic) bond motifs is 1. The van der Waals surface area contributed by atoms with Crippen LogP contribution in [0.15, 0.2) is 54.6 Å². The zero-order valence-corrected chi connectivity index (χ0v) is 15.7.